The highest BCUT2D eigenvalue weighted by atomic mass is 17.0. The van der Waals surface area contributed by atoms with Gasteiger partial charge in [-0.1, -0.05) is 109 Å². The van der Waals surface area contributed by atoms with Crippen LogP contribution in [-0.4, -0.2) is 11.9 Å². The summed E-state index contributed by atoms with van der Waals surface area (Å²) in [5.41, 5.74) is 1.65. The first kappa shape index (κ1) is 30.2. The lowest BCUT2D eigenvalue weighted by atomic mass is 10.2. The van der Waals surface area contributed by atoms with Crippen LogP contribution < -0.4 is 28.4 Å². The van der Waals surface area contributed by atoms with Crippen LogP contribution in [0.1, 0.15) is 11.1 Å². The molecule has 46 heavy (non-hydrogen) atoms. The van der Waals surface area contributed by atoms with E-state index in [9.17, 15) is 0 Å². The predicted octanol–water partition coefficient (Wildman–Crippen LogP) is 9.38. The Balaban J connectivity index is 1.67. The smallest absolute Gasteiger partial charge is 0.411 e. The van der Waals surface area contributed by atoms with Gasteiger partial charge in [0.1, 0.15) is 34.5 Å². The van der Waals surface area contributed by atoms with Gasteiger partial charge < -0.3 is 28.4 Å². The Morgan fingerprint density at radius 3 is 0.783 bits per heavy atom. The highest BCUT2D eigenvalue weighted by Crippen LogP contribution is 2.42. The third-order valence-corrected chi connectivity index (χ3v) is 7.03. The van der Waals surface area contributed by atoms with Crippen molar-refractivity contribution < 1.29 is 28.4 Å². The van der Waals surface area contributed by atoms with E-state index in [1.54, 1.807) is 48.5 Å². The normalized spacial score (nSPS) is 11.3. The first-order valence-electron chi connectivity index (χ1n) is 15.0. The Hall–Kier alpha value is -5.88. The summed E-state index contributed by atoms with van der Waals surface area (Å²) in [5, 5.41) is 0. The maximum atomic E-state index is 6.94. The monoisotopic (exact) mass is 610 g/mol. The summed E-state index contributed by atoms with van der Waals surface area (Å²) >= 11 is 0. The van der Waals surface area contributed by atoms with Crippen molar-refractivity contribution >= 4 is 0 Å². The van der Waals surface area contributed by atoms with Gasteiger partial charge in [0, 0.05) is 0 Å². The van der Waals surface area contributed by atoms with Crippen LogP contribution >= 0.6 is 0 Å². The zero-order valence-electron chi connectivity index (χ0n) is 25.6. The molecule has 0 atom stereocenters. The summed E-state index contributed by atoms with van der Waals surface area (Å²) in [6.07, 6.45) is 0. The lowest BCUT2D eigenvalue weighted by molar-refractivity contribution is -0.447. The van der Waals surface area contributed by atoms with Crippen LogP contribution in [0.15, 0.2) is 170 Å². The molecule has 6 aromatic rings. The number of hydrogen-bond donors (Lipinski definition) is 0. The van der Waals surface area contributed by atoms with Gasteiger partial charge in [0.15, 0.2) is 0 Å². The molecule has 0 radical (unpaired) electrons. The summed E-state index contributed by atoms with van der Waals surface area (Å²) in [7, 11) is 0. The molecule has 0 aliphatic rings. The molecule has 0 aliphatic carbocycles. The molecule has 0 heterocycles. The molecule has 0 saturated carbocycles. The topological polar surface area (TPSA) is 55.4 Å². The van der Waals surface area contributed by atoms with Crippen LogP contribution in [0.5, 0.6) is 34.5 Å². The fourth-order valence-corrected chi connectivity index (χ4v) is 4.71. The van der Waals surface area contributed by atoms with Crippen molar-refractivity contribution in [3.63, 3.8) is 0 Å². The second kappa shape index (κ2) is 13.8. The molecule has 230 valence electrons. The van der Waals surface area contributed by atoms with Crippen LogP contribution in [0.3, 0.4) is 0 Å². The summed E-state index contributed by atoms with van der Waals surface area (Å²) in [5.74, 6) is -2.01. The van der Waals surface area contributed by atoms with Crippen molar-refractivity contribution in [1.82, 2.24) is 0 Å². The molecule has 0 unspecified atom stereocenters. The van der Waals surface area contributed by atoms with Crippen LogP contribution in [0.4, 0.5) is 0 Å². The van der Waals surface area contributed by atoms with E-state index in [1.165, 1.54) is 0 Å². The van der Waals surface area contributed by atoms with Gasteiger partial charge in [-0.3, -0.25) is 0 Å². The molecule has 0 fully saturated rings. The third kappa shape index (κ3) is 6.92. The number of para-hydroxylation sites is 6. The molecular formula is C40H34O6. The number of ether oxygens (including phenoxy) is 6. The van der Waals surface area contributed by atoms with E-state index < -0.39 is 11.9 Å². The zero-order chi connectivity index (χ0) is 31.7. The van der Waals surface area contributed by atoms with Crippen LogP contribution in [-0.2, 0) is 0 Å². The van der Waals surface area contributed by atoms with Crippen molar-refractivity contribution in [2.45, 2.75) is 25.8 Å². The first-order valence-corrected chi connectivity index (χ1v) is 15.0. The van der Waals surface area contributed by atoms with E-state index in [4.69, 9.17) is 28.4 Å². The van der Waals surface area contributed by atoms with Crippen LogP contribution in [0.2, 0.25) is 0 Å². The molecule has 0 amide bonds. The molecule has 0 aromatic heterocycles. The van der Waals surface area contributed by atoms with Crippen molar-refractivity contribution in [2.24, 2.45) is 0 Å². The fraction of sp³-hybridized carbons (Fsp3) is 0.100. The Kier molecular flexibility index (Phi) is 9.07. The average Bonchev–Trinajstić information content (AvgIpc) is 3.08. The molecular weight excluding hydrogens is 576 g/mol. The van der Waals surface area contributed by atoms with Gasteiger partial charge >= 0.3 is 11.9 Å². The van der Waals surface area contributed by atoms with E-state index in [1.807, 2.05) is 135 Å². The Labute approximate surface area is 269 Å². The largest absolute Gasteiger partial charge is 0.546 e. The molecule has 6 rings (SSSR count). The Bertz CT molecular complexity index is 1590. The summed E-state index contributed by atoms with van der Waals surface area (Å²) in [6.45, 7) is 3.87. The minimum absolute atomic E-state index is 0.415. The van der Waals surface area contributed by atoms with E-state index in [0.29, 0.717) is 34.5 Å². The number of benzene rings is 6. The van der Waals surface area contributed by atoms with Crippen molar-refractivity contribution in [2.75, 3.05) is 0 Å². The van der Waals surface area contributed by atoms with Crippen molar-refractivity contribution in [3.8, 4) is 34.5 Å². The van der Waals surface area contributed by atoms with Gasteiger partial charge in [-0.05, 0) is 85.6 Å². The van der Waals surface area contributed by atoms with Gasteiger partial charge in [0.2, 0.25) is 0 Å². The fourth-order valence-electron chi connectivity index (χ4n) is 4.71. The van der Waals surface area contributed by atoms with Crippen LogP contribution in [0, 0.1) is 13.8 Å². The quantitative estimate of drug-likeness (QED) is 0.122. The van der Waals surface area contributed by atoms with Gasteiger partial charge in [0.25, 0.3) is 0 Å². The van der Waals surface area contributed by atoms with Gasteiger partial charge in [-0.15, -0.1) is 0 Å². The van der Waals surface area contributed by atoms with Gasteiger partial charge in [-0.25, -0.2) is 0 Å². The maximum Gasteiger partial charge on any atom is 0.546 e. The number of hydrogen-bond acceptors (Lipinski definition) is 6. The number of rotatable bonds is 13. The highest BCUT2D eigenvalue weighted by Gasteiger charge is 2.71. The average molecular weight is 611 g/mol. The minimum atomic E-state index is -2.30. The molecule has 0 bridgehead atoms. The molecule has 6 heteroatoms. The van der Waals surface area contributed by atoms with E-state index in [-0.39, 0.29) is 0 Å². The minimum Gasteiger partial charge on any atom is -0.411 e. The van der Waals surface area contributed by atoms with Crippen LogP contribution in [0.25, 0.3) is 0 Å². The van der Waals surface area contributed by atoms with Crippen molar-refractivity contribution in [3.05, 3.63) is 181 Å². The van der Waals surface area contributed by atoms with Gasteiger partial charge in [-0.2, -0.15) is 0 Å². The highest BCUT2D eigenvalue weighted by molar-refractivity contribution is 5.36. The SMILES string of the molecule is Cc1ccccc1OC(Oc1ccccc1)(Oc1ccccc1)C(Oc1ccccc1)(Oc1ccccc1)Oc1ccccc1C. The summed E-state index contributed by atoms with van der Waals surface area (Å²) in [6, 6.07) is 52.0. The summed E-state index contributed by atoms with van der Waals surface area (Å²) in [4.78, 5) is 0. The van der Waals surface area contributed by atoms with E-state index in [0.717, 1.165) is 11.1 Å². The Morgan fingerprint density at radius 1 is 0.283 bits per heavy atom. The maximum absolute atomic E-state index is 6.94. The lowest BCUT2D eigenvalue weighted by Gasteiger charge is -2.44. The standard InChI is InChI=1S/C40H34O6/c1-31-19-15-17-29-37(31)45-39(41-33-21-7-3-8-22-33,42-34-23-9-4-10-24-34)40(43-35-25-11-5-12-26-35,44-36-27-13-6-14-28-36)46-38-30-18-16-20-32(38)2/h3-30H,1-2H3. The molecule has 0 aliphatic heterocycles. The van der Waals surface area contributed by atoms with Gasteiger partial charge in [0.05, 0.1) is 0 Å². The Morgan fingerprint density at radius 2 is 0.522 bits per heavy atom. The number of aryl methyl sites for hydroxylation is 2. The zero-order valence-corrected chi connectivity index (χ0v) is 25.6. The first-order chi connectivity index (χ1) is 22.5. The second-order valence-electron chi connectivity index (χ2n) is 10.5. The molecule has 6 nitrogen and oxygen atoms in total. The molecule has 0 N–H and O–H groups in total. The molecule has 0 saturated heterocycles. The lowest BCUT2D eigenvalue weighted by Crippen LogP contribution is -2.74. The molecule has 6 aromatic carbocycles. The summed E-state index contributed by atoms with van der Waals surface area (Å²) < 4.78 is 41.4. The molecule has 0 spiro atoms. The van der Waals surface area contributed by atoms with E-state index in [2.05, 4.69) is 0 Å². The van der Waals surface area contributed by atoms with E-state index >= 15 is 0 Å². The third-order valence-electron chi connectivity index (χ3n) is 7.03. The van der Waals surface area contributed by atoms with Crippen molar-refractivity contribution in [1.29, 1.82) is 0 Å². The second-order valence-corrected chi connectivity index (χ2v) is 10.5. The predicted molar refractivity (Wildman–Crippen MR) is 177 cm³/mol.